The highest BCUT2D eigenvalue weighted by Gasteiger charge is 2.15. The molecule has 2 aromatic rings. The number of rotatable bonds is 3. The summed E-state index contributed by atoms with van der Waals surface area (Å²) in [5.74, 6) is 0.00182. The van der Waals surface area contributed by atoms with Crippen molar-refractivity contribution in [1.82, 2.24) is 10.2 Å². The zero-order chi connectivity index (χ0) is 12.4. The van der Waals surface area contributed by atoms with Crippen molar-refractivity contribution in [3.05, 3.63) is 34.6 Å². The molecule has 3 N–H and O–H groups in total. The van der Waals surface area contributed by atoms with Crippen molar-refractivity contribution in [3.63, 3.8) is 0 Å². The third-order valence-electron chi connectivity index (χ3n) is 2.62. The van der Waals surface area contributed by atoms with Crippen LogP contribution < -0.4 is 5.73 Å². The van der Waals surface area contributed by atoms with Gasteiger partial charge in [-0.15, -0.1) is 0 Å². The molecule has 3 nitrogen and oxygen atoms in total. The summed E-state index contributed by atoms with van der Waals surface area (Å²) in [7, 11) is 0. The minimum atomic E-state index is -0.445. The van der Waals surface area contributed by atoms with Crippen LogP contribution in [0.5, 0.6) is 0 Å². The van der Waals surface area contributed by atoms with Crippen molar-refractivity contribution in [2.75, 3.05) is 5.73 Å². The molecule has 0 bridgehead atoms. The van der Waals surface area contributed by atoms with E-state index in [0.717, 1.165) is 18.4 Å². The molecule has 0 saturated carbocycles. The second-order valence-electron chi connectivity index (χ2n) is 3.81. The minimum absolute atomic E-state index is 0.0912. The molecule has 0 fully saturated rings. The molecular formula is C12H13ClFN3. The Bertz CT molecular complexity index is 537. The molecule has 0 aliphatic heterocycles. The standard InChI is InChI=1S/C12H13ClFN3/c1-2-4-8-11(16-17-12(8)15)7-5-3-6-9(14)10(7)13/h3,5-6H,2,4H2,1H3,(H3,15,16,17). The molecule has 17 heavy (non-hydrogen) atoms. The molecule has 0 spiro atoms. The minimum Gasteiger partial charge on any atom is -0.382 e. The van der Waals surface area contributed by atoms with Crippen molar-refractivity contribution < 1.29 is 4.39 Å². The SMILES string of the molecule is CCCc1c(N)n[nH]c1-c1cccc(F)c1Cl. The summed E-state index contributed by atoms with van der Waals surface area (Å²) in [6, 6.07) is 4.69. The zero-order valence-electron chi connectivity index (χ0n) is 9.43. The summed E-state index contributed by atoms with van der Waals surface area (Å²) in [4.78, 5) is 0. The number of aromatic amines is 1. The second-order valence-corrected chi connectivity index (χ2v) is 4.19. The van der Waals surface area contributed by atoms with Gasteiger partial charge in [-0.05, 0) is 12.5 Å². The lowest BCUT2D eigenvalue weighted by Crippen LogP contribution is -1.93. The fourth-order valence-electron chi connectivity index (χ4n) is 1.80. The van der Waals surface area contributed by atoms with Crippen LogP contribution in [-0.4, -0.2) is 10.2 Å². The van der Waals surface area contributed by atoms with Crippen molar-refractivity contribution in [2.24, 2.45) is 0 Å². The normalized spacial score (nSPS) is 10.8. The van der Waals surface area contributed by atoms with Gasteiger partial charge in [0, 0.05) is 11.1 Å². The first-order valence-corrected chi connectivity index (χ1v) is 5.80. The Labute approximate surface area is 104 Å². The van der Waals surface area contributed by atoms with Gasteiger partial charge in [-0.3, -0.25) is 5.10 Å². The van der Waals surface area contributed by atoms with Gasteiger partial charge in [0.1, 0.15) is 11.6 Å². The van der Waals surface area contributed by atoms with Gasteiger partial charge in [-0.25, -0.2) is 4.39 Å². The third-order valence-corrected chi connectivity index (χ3v) is 3.00. The van der Waals surface area contributed by atoms with Crippen LogP contribution in [0.25, 0.3) is 11.3 Å². The van der Waals surface area contributed by atoms with E-state index in [2.05, 4.69) is 10.2 Å². The quantitative estimate of drug-likeness (QED) is 0.881. The first-order valence-electron chi connectivity index (χ1n) is 5.42. The number of nitrogens with two attached hydrogens (primary N) is 1. The summed E-state index contributed by atoms with van der Waals surface area (Å²) < 4.78 is 13.4. The monoisotopic (exact) mass is 253 g/mol. The molecule has 1 heterocycles. The van der Waals surface area contributed by atoms with Crippen LogP contribution in [0.4, 0.5) is 10.2 Å². The van der Waals surface area contributed by atoms with Crippen molar-refractivity contribution in [1.29, 1.82) is 0 Å². The van der Waals surface area contributed by atoms with Crippen molar-refractivity contribution in [2.45, 2.75) is 19.8 Å². The van der Waals surface area contributed by atoms with Gasteiger partial charge in [-0.2, -0.15) is 5.10 Å². The largest absolute Gasteiger partial charge is 0.382 e. The zero-order valence-corrected chi connectivity index (χ0v) is 10.2. The van der Waals surface area contributed by atoms with Crippen LogP contribution in [0, 0.1) is 5.82 Å². The number of hydrogen-bond donors (Lipinski definition) is 2. The highest BCUT2D eigenvalue weighted by molar-refractivity contribution is 6.33. The van der Waals surface area contributed by atoms with Gasteiger partial charge in [0.15, 0.2) is 0 Å². The van der Waals surface area contributed by atoms with E-state index in [9.17, 15) is 4.39 Å². The molecular weight excluding hydrogens is 241 g/mol. The smallest absolute Gasteiger partial charge is 0.149 e. The van der Waals surface area contributed by atoms with Crippen LogP contribution in [-0.2, 0) is 6.42 Å². The third kappa shape index (κ3) is 2.13. The van der Waals surface area contributed by atoms with Gasteiger partial charge in [0.2, 0.25) is 0 Å². The molecule has 1 aromatic heterocycles. The number of halogens is 2. The van der Waals surface area contributed by atoms with Crippen LogP contribution >= 0.6 is 11.6 Å². The van der Waals surface area contributed by atoms with Crippen LogP contribution in [0.2, 0.25) is 5.02 Å². The first-order chi connectivity index (χ1) is 8.15. The first kappa shape index (κ1) is 11.9. The summed E-state index contributed by atoms with van der Waals surface area (Å²) in [6.45, 7) is 2.05. The molecule has 2 rings (SSSR count). The number of nitrogens with zero attached hydrogens (tertiary/aromatic N) is 1. The molecule has 90 valence electrons. The van der Waals surface area contributed by atoms with Gasteiger partial charge in [0.25, 0.3) is 0 Å². The Balaban J connectivity index is 2.56. The number of nitrogen functional groups attached to an aromatic ring is 1. The van der Waals surface area contributed by atoms with Gasteiger partial charge >= 0.3 is 0 Å². The number of anilines is 1. The highest BCUT2D eigenvalue weighted by atomic mass is 35.5. The number of aromatic nitrogens is 2. The van der Waals surface area contributed by atoms with Crippen LogP contribution in [0.15, 0.2) is 18.2 Å². The van der Waals surface area contributed by atoms with E-state index >= 15 is 0 Å². The van der Waals surface area contributed by atoms with E-state index in [-0.39, 0.29) is 5.02 Å². The lowest BCUT2D eigenvalue weighted by atomic mass is 10.0. The van der Waals surface area contributed by atoms with Gasteiger partial charge in [0.05, 0.1) is 10.7 Å². The van der Waals surface area contributed by atoms with Crippen molar-refractivity contribution in [3.8, 4) is 11.3 Å². The Morgan fingerprint density at radius 1 is 1.47 bits per heavy atom. The number of benzene rings is 1. The fraction of sp³-hybridized carbons (Fsp3) is 0.250. The van der Waals surface area contributed by atoms with Gasteiger partial charge < -0.3 is 5.73 Å². The summed E-state index contributed by atoms with van der Waals surface area (Å²) in [6.07, 6.45) is 1.72. The van der Waals surface area contributed by atoms with E-state index in [1.54, 1.807) is 12.1 Å². The van der Waals surface area contributed by atoms with Crippen LogP contribution in [0.3, 0.4) is 0 Å². The maximum absolute atomic E-state index is 13.4. The maximum atomic E-state index is 13.4. The van der Waals surface area contributed by atoms with E-state index in [4.69, 9.17) is 17.3 Å². The predicted octanol–water partition coefficient (Wildman–Crippen LogP) is 3.40. The lowest BCUT2D eigenvalue weighted by molar-refractivity contribution is 0.628. The fourth-order valence-corrected chi connectivity index (χ4v) is 2.02. The number of hydrogen-bond acceptors (Lipinski definition) is 2. The summed E-state index contributed by atoms with van der Waals surface area (Å²) in [5.41, 5.74) is 7.96. The summed E-state index contributed by atoms with van der Waals surface area (Å²) in [5, 5.41) is 6.86. The molecule has 0 aliphatic carbocycles. The van der Waals surface area contributed by atoms with Crippen molar-refractivity contribution >= 4 is 17.4 Å². The Morgan fingerprint density at radius 3 is 2.94 bits per heavy atom. The molecule has 0 aliphatic rings. The van der Waals surface area contributed by atoms with Gasteiger partial charge in [-0.1, -0.05) is 37.1 Å². The van der Waals surface area contributed by atoms with E-state index < -0.39 is 5.82 Å². The molecule has 0 amide bonds. The Hall–Kier alpha value is -1.55. The lowest BCUT2D eigenvalue weighted by Gasteiger charge is -2.05. The molecule has 0 radical (unpaired) electrons. The molecule has 5 heteroatoms. The average molecular weight is 254 g/mol. The highest BCUT2D eigenvalue weighted by Crippen LogP contribution is 2.33. The summed E-state index contributed by atoms with van der Waals surface area (Å²) >= 11 is 5.95. The Kier molecular flexibility index (Phi) is 3.33. The molecule has 1 aromatic carbocycles. The molecule has 0 atom stereocenters. The van der Waals surface area contributed by atoms with E-state index in [1.165, 1.54) is 6.07 Å². The topological polar surface area (TPSA) is 54.7 Å². The molecule has 0 unspecified atom stereocenters. The van der Waals surface area contributed by atoms with Crippen LogP contribution in [0.1, 0.15) is 18.9 Å². The second kappa shape index (κ2) is 4.75. The maximum Gasteiger partial charge on any atom is 0.149 e. The average Bonchev–Trinajstić information content (AvgIpc) is 2.66. The number of H-pyrrole nitrogens is 1. The molecule has 0 saturated heterocycles. The van der Waals surface area contributed by atoms with E-state index in [1.807, 2.05) is 6.92 Å². The number of nitrogens with one attached hydrogen (secondary N) is 1. The van der Waals surface area contributed by atoms with E-state index in [0.29, 0.717) is 17.1 Å². The Morgan fingerprint density at radius 2 is 2.24 bits per heavy atom. The predicted molar refractivity (Wildman–Crippen MR) is 67.4 cm³/mol.